The Bertz CT molecular complexity index is 396. The van der Waals surface area contributed by atoms with Gasteiger partial charge in [-0.05, 0) is 36.5 Å². The SMILES string of the molecule is Cc1ccc(OCCC(C)(C)C)c(C#N)c1. The van der Waals surface area contributed by atoms with Gasteiger partial charge in [-0.3, -0.25) is 0 Å². The number of hydrogen-bond acceptors (Lipinski definition) is 2. The van der Waals surface area contributed by atoms with Crippen LogP contribution < -0.4 is 4.74 Å². The van der Waals surface area contributed by atoms with Gasteiger partial charge in [-0.25, -0.2) is 0 Å². The Hall–Kier alpha value is -1.49. The van der Waals surface area contributed by atoms with Crippen LogP contribution in [0.25, 0.3) is 0 Å². The molecule has 0 N–H and O–H groups in total. The van der Waals surface area contributed by atoms with Crippen molar-refractivity contribution >= 4 is 0 Å². The molecule has 2 heteroatoms. The molecule has 1 rings (SSSR count). The summed E-state index contributed by atoms with van der Waals surface area (Å²) >= 11 is 0. The minimum absolute atomic E-state index is 0.261. The molecular formula is C14H19NO. The molecule has 0 saturated heterocycles. The van der Waals surface area contributed by atoms with E-state index in [1.54, 1.807) is 0 Å². The molecule has 0 atom stereocenters. The highest BCUT2D eigenvalue weighted by Gasteiger charge is 2.11. The number of nitrogens with zero attached hydrogens (tertiary/aromatic N) is 1. The van der Waals surface area contributed by atoms with Crippen LogP contribution in [0.15, 0.2) is 18.2 Å². The van der Waals surface area contributed by atoms with Crippen LogP contribution in [0.4, 0.5) is 0 Å². The Balaban J connectivity index is 2.65. The molecule has 1 aromatic rings. The molecule has 0 saturated carbocycles. The van der Waals surface area contributed by atoms with Gasteiger partial charge in [0.2, 0.25) is 0 Å². The second-order valence-corrected chi connectivity index (χ2v) is 5.27. The van der Waals surface area contributed by atoms with Gasteiger partial charge in [-0.1, -0.05) is 26.8 Å². The highest BCUT2D eigenvalue weighted by atomic mass is 16.5. The zero-order valence-corrected chi connectivity index (χ0v) is 10.5. The standard InChI is InChI=1S/C14H19NO/c1-11-5-6-13(12(9-11)10-15)16-8-7-14(2,3)4/h5-6,9H,7-8H2,1-4H3. The fourth-order valence-corrected chi connectivity index (χ4v) is 1.32. The highest BCUT2D eigenvalue weighted by Crippen LogP contribution is 2.22. The second-order valence-electron chi connectivity index (χ2n) is 5.27. The summed E-state index contributed by atoms with van der Waals surface area (Å²) in [6, 6.07) is 7.85. The zero-order chi connectivity index (χ0) is 12.2. The number of nitriles is 1. The van der Waals surface area contributed by atoms with E-state index in [2.05, 4.69) is 26.8 Å². The maximum atomic E-state index is 8.97. The van der Waals surface area contributed by atoms with E-state index in [0.29, 0.717) is 17.9 Å². The van der Waals surface area contributed by atoms with Crippen LogP contribution in [0.1, 0.15) is 38.3 Å². The summed E-state index contributed by atoms with van der Waals surface area (Å²) in [5, 5.41) is 8.97. The molecule has 16 heavy (non-hydrogen) atoms. The fraction of sp³-hybridized carbons (Fsp3) is 0.500. The van der Waals surface area contributed by atoms with Crippen molar-refractivity contribution in [1.29, 1.82) is 5.26 Å². The Morgan fingerprint density at radius 2 is 2.00 bits per heavy atom. The summed E-state index contributed by atoms with van der Waals surface area (Å²) in [5.41, 5.74) is 1.96. The molecule has 0 aliphatic rings. The molecule has 1 aromatic carbocycles. The van der Waals surface area contributed by atoms with Crippen molar-refractivity contribution in [3.05, 3.63) is 29.3 Å². The van der Waals surface area contributed by atoms with Crippen LogP contribution in [0.3, 0.4) is 0 Å². The number of hydrogen-bond donors (Lipinski definition) is 0. The van der Waals surface area contributed by atoms with Gasteiger partial charge in [0, 0.05) is 0 Å². The van der Waals surface area contributed by atoms with Crippen molar-refractivity contribution in [3.63, 3.8) is 0 Å². The minimum Gasteiger partial charge on any atom is -0.492 e. The molecule has 0 unspecified atom stereocenters. The summed E-state index contributed by atoms with van der Waals surface area (Å²) in [6.07, 6.45) is 0.978. The van der Waals surface area contributed by atoms with E-state index in [1.165, 1.54) is 0 Å². The molecule has 0 radical (unpaired) electrons. The van der Waals surface area contributed by atoms with Crippen molar-refractivity contribution in [2.75, 3.05) is 6.61 Å². The fourth-order valence-electron chi connectivity index (χ4n) is 1.32. The second kappa shape index (κ2) is 5.03. The van der Waals surface area contributed by atoms with Crippen LogP contribution in [0, 0.1) is 23.7 Å². The smallest absolute Gasteiger partial charge is 0.137 e. The number of ether oxygens (including phenoxy) is 1. The first-order chi connectivity index (χ1) is 7.42. The van der Waals surface area contributed by atoms with Crippen LogP contribution >= 0.6 is 0 Å². The zero-order valence-electron chi connectivity index (χ0n) is 10.5. The predicted molar refractivity (Wildman–Crippen MR) is 65.5 cm³/mol. The summed E-state index contributed by atoms with van der Waals surface area (Å²) in [7, 11) is 0. The molecule has 0 bridgehead atoms. The van der Waals surface area contributed by atoms with E-state index >= 15 is 0 Å². The molecule has 0 aliphatic carbocycles. The van der Waals surface area contributed by atoms with Gasteiger partial charge < -0.3 is 4.74 Å². The molecule has 0 fully saturated rings. The van der Waals surface area contributed by atoms with Crippen LogP contribution in [-0.2, 0) is 0 Å². The quantitative estimate of drug-likeness (QED) is 0.773. The van der Waals surface area contributed by atoms with E-state index in [1.807, 2.05) is 25.1 Å². The number of rotatable bonds is 3. The van der Waals surface area contributed by atoms with Gasteiger partial charge >= 0.3 is 0 Å². The summed E-state index contributed by atoms with van der Waals surface area (Å²) < 4.78 is 5.64. The number of benzene rings is 1. The summed E-state index contributed by atoms with van der Waals surface area (Å²) in [4.78, 5) is 0. The summed E-state index contributed by atoms with van der Waals surface area (Å²) in [6.45, 7) is 9.16. The molecule has 86 valence electrons. The van der Waals surface area contributed by atoms with Crippen molar-refractivity contribution in [3.8, 4) is 11.8 Å². The maximum Gasteiger partial charge on any atom is 0.137 e. The summed E-state index contributed by atoms with van der Waals surface area (Å²) in [5.74, 6) is 0.692. The third-order valence-corrected chi connectivity index (χ3v) is 2.37. The average Bonchev–Trinajstić information content (AvgIpc) is 2.18. The molecule has 0 amide bonds. The normalized spacial score (nSPS) is 10.9. The maximum absolute atomic E-state index is 8.97. The topological polar surface area (TPSA) is 33.0 Å². The Morgan fingerprint density at radius 3 is 2.56 bits per heavy atom. The lowest BCUT2D eigenvalue weighted by molar-refractivity contribution is 0.242. The van der Waals surface area contributed by atoms with Gasteiger partial charge in [-0.15, -0.1) is 0 Å². The van der Waals surface area contributed by atoms with E-state index in [-0.39, 0.29) is 5.41 Å². The monoisotopic (exact) mass is 217 g/mol. The van der Waals surface area contributed by atoms with E-state index in [9.17, 15) is 0 Å². The first-order valence-corrected chi connectivity index (χ1v) is 5.56. The molecular weight excluding hydrogens is 198 g/mol. The van der Waals surface area contributed by atoms with Crippen LogP contribution in [-0.4, -0.2) is 6.61 Å². The van der Waals surface area contributed by atoms with E-state index < -0.39 is 0 Å². The number of aryl methyl sites for hydroxylation is 1. The van der Waals surface area contributed by atoms with Crippen molar-refractivity contribution in [2.45, 2.75) is 34.1 Å². The van der Waals surface area contributed by atoms with Crippen LogP contribution in [0.2, 0.25) is 0 Å². The van der Waals surface area contributed by atoms with Crippen molar-refractivity contribution in [2.24, 2.45) is 5.41 Å². The van der Waals surface area contributed by atoms with Gasteiger partial charge in [0.1, 0.15) is 11.8 Å². The third kappa shape index (κ3) is 3.94. The third-order valence-electron chi connectivity index (χ3n) is 2.37. The molecule has 0 aromatic heterocycles. The molecule has 0 heterocycles. The van der Waals surface area contributed by atoms with E-state index in [0.717, 1.165) is 12.0 Å². The lowest BCUT2D eigenvalue weighted by Gasteiger charge is -2.18. The average molecular weight is 217 g/mol. The predicted octanol–water partition coefficient (Wildman–Crippen LogP) is 3.68. The lowest BCUT2D eigenvalue weighted by Crippen LogP contribution is -2.11. The van der Waals surface area contributed by atoms with Gasteiger partial charge in [0.05, 0.1) is 12.2 Å². The Kier molecular flexibility index (Phi) is 3.95. The van der Waals surface area contributed by atoms with Crippen molar-refractivity contribution in [1.82, 2.24) is 0 Å². The van der Waals surface area contributed by atoms with Crippen molar-refractivity contribution < 1.29 is 4.74 Å². The first kappa shape index (κ1) is 12.6. The van der Waals surface area contributed by atoms with Gasteiger partial charge in [0.25, 0.3) is 0 Å². The largest absolute Gasteiger partial charge is 0.492 e. The molecule has 0 spiro atoms. The minimum atomic E-state index is 0.261. The van der Waals surface area contributed by atoms with E-state index in [4.69, 9.17) is 10.00 Å². The van der Waals surface area contributed by atoms with Gasteiger partial charge in [0.15, 0.2) is 0 Å². The van der Waals surface area contributed by atoms with Crippen LogP contribution in [0.5, 0.6) is 5.75 Å². The highest BCUT2D eigenvalue weighted by molar-refractivity contribution is 5.45. The lowest BCUT2D eigenvalue weighted by atomic mass is 9.93. The molecule has 2 nitrogen and oxygen atoms in total. The van der Waals surface area contributed by atoms with Gasteiger partial charge in [-0.2, -0.15) is 5.26 Å². The first-order valence-electron chi connectivity index (χ1n) is 5.56. The molecule has 0 aliphatic heterocycles. The Labute approximate surface area is 97.9 Å². The Morgan fingerprint density at radius 1 is 1.31 bits per heavy atom.